The van der Waals surface area contributed by atoms with Crippen LogP contribution in [0, 0.1) is 0 Å². The summed E-state index contributed by atoms with van der Waals surface area (Å²) in [6.45, 7) is 3.89. The second kappa shape index (κ2) is 8.71. The van der Waals surface area contributed by atoms with Crippen LogP contribution < -0.4 is 5.32 Å². The number of ether oxygens (including phenoxy) is 1. The summed E-state index contributed by atoms with van der Waals surface area (Å²) in [7, 11) is 1.53. The third kappa shape index (κ3) is 5.33. The van der Waals surface area contributed by atoms with E-state index in [0.29, 0.717) is 13.2 Å². The molecule has 0 bridgehead atoms. The largest absolute Gasteiger partial charge is 0.480 e. The number of urea groups is 1. The highest BCUT2D eigenvalue weighted by Gasteiger charge is 2.24. The molecule has 18 heavy (non-hydrogen) atoms. The van der Waals surface area contributed by atoms with Crippen molar-refractivity contribution in [3.05, 3.63) is 0 Å². The number of hydrogen-bond acceptors (Lipinski definition) is 4. The topological polar surface area (TPSA) is 99.1 Å². The summed E-state index contributed by atoms with van der Waals surface area (Å²) in [5.41, 5.74) is 0. The molecule has 7 heteroatoms. The van der Waals surface area contributed by atoms with Gasteiger partial charge < -0.3 is 25.2 Å². The highest BCUT2D eigenvalue weighted by Crippen LogP contribution is 2.04. The molecule has 3 N–H and O–H groups in total. The average molecular weight is 262 g/mol. The van der Waals surface area contributed by atoms with Crippen molar-refractivity contribution < 1.29 is 24.5 Å². The SMILES string of the molecule is CCC(C)N(CCOC)C(=O)NC(CO)C(=O)O. The summed E-state index contributed by atoms with van der Waals surface area (Å²) in [6, 6.07) is -1.83. The van der Waals surface area contributed by atoms with Crippen LogP contribution in [0.5, 0.6) is 0 Å². The van der Waals surface area contributed by atoms with Gasteiger partial charge in [-0.2, -0.15) is 0 Å². The van der Waals surface area contributed by atoms with E-state index in [1.54, 1.807) is 0 Å². The Morgan fingerprint density at radius 3 is 2.44 bits per heavy atom. The van der Waals surface area contributed by atoms with Crippen molar-refractivity contribution in [3.63, 3.8) is 0 Å². The van der Waals surface area contributed by atoms with E-state index in [-0.39, 0.29) is 6.04 Å². The smallest absolute Gasteiger partial charge is 0.328 e. The Bertz CT molecular complexity index is 272. The number of nitrogens with one attached hydrogen (secondary N) is 1. The fourth-order valence-electron chi connectivity index (χ4n) is 1.35. The van der Waals surface area contributed by atoms with Gasteiger partial charge in [-0.3, -0.25) is 0 Å². The summed E-state index contributed by atoms with van der Waals surface area (Å²) in [6.07, 6.45) is 0.744. The van der Waals surface area contributed by atoms with Crippen LogP contribution in [-0.2, 0) is 9.53 Å². The van der Waals surface area contributed by atoms with E-state index in [1.807, 2.05) is 13.8 Å². The molecule has 0 rings (SSSR count). The Morgan fingerprint density at radius 2 is 2.06 bits per heavy atom. The van der Waals surface area contributed by atoms with Gasteiger partial charge in [-0.1, -0.05) is 6.92 Å². The number of carbonyl (C=O) groups excluding carboxylic acids is 1. The first kappa shape index (κ1) is 16.7. The molecule has 0 aliphatic carbocycles. The van der Waals surface area contributed by atoms with Gasteiger partial charge in [0.2, 0.25) is 0 Å². The Hall–Kier alpha value is -1.34. The quantitative estimate of drug-likeness (QED) is 0.567. The number of aliphatic hydroxyl groups is 1. The van der Waals surface area contributed by atoms with E-state index in [4.69, 9.17) is 14.9 Å². The lowest BCUT2D eigenvalue weighted by Gasteiger charge is -2.29. The first-order chi connectivity index (χ1) is 8.47. The lowest BCUT2D eigenvalue weighted by atomic mass is 10.2. The molecule has 0 aromatic heterocycles. The Labute approximate surface area is 107 Å². The van der Waals surface area contributed by atoms with E-state index in [2.05, 4.69) is 5.32 Å². The van der Waals surface area contributed by atoms with E-state index in [9.17, 15) is 9.59 Å². The normalized spacial score (nSPS) is 13.8. The van der Waals surface area contributed by atoms with Gasteiger partial charge in [-0.25, -0.2) is 9.59 Å². The maximum atomic E-state index is 11.9. The molecule has 0 aliphatic heterocycles. The monoisotopic (exact) mass is 262 g/mol. The standard InChI is InChI=1S/C11H22N2O5/c1-4-8(2)13(5-6-18-3)11(17)12-9(7-14)10(15)16/h8-9,14H,4-7H2,1-3H3,(H,12,17)(H,15,16). The van der Waals surface area contributed by atoms with Crippen molar-refractivity contribution in [2.45, 2.75) is 32.4 Å². The summed E-state index contributed by atoms with van der Waals surface area (Å²) in [5, 5.41) is 19.9. The van der Waals surface area contributed by atoms with Crippen LogP contribution in [-0.4, -0.2) is 66.1 Å². The molecule has 0 aromatic carbocycles. The van der Waals surface area contributed by atoms with E-state index < -0.39 is 24.6 Å². The van der Waals surface area contributed by atoms with Crippen molar-refractivity contribution in [3.8, 4) is 0 Å². The second-order valence-electron chi connectivity index (χ2n) is 3.97. The minimum absolute atomic E-state index is 0.0340. The zero-order valence-corrected chi connectivity index (χ0v) is 11.0. The minimum atomic E-state index is -1.29. The second-order valence-corrected chi connectivity index (χ2v) is 3.97. The maximum absolute atomic E-state index is 11.9. The van der Waals surface area contributed by atoms with Gasteiger partial charge in [0.1, 0.15) is 0 Å². The highest BCUT2D eigenvalue weighted by molar-refractivity contribution is 5.82. The van der Waals surface area contributed by atoms with Gasteiger partial charge in [0, 0.05) is 19.7 Å². The van der Waals surface area contributed by atoms with Crippen LogP contribution in [0.1, 0.15) is 20.3 Å². The fraction of sp³-hybridized carbons (Fsp3) is 0.818. The van der Waals surface area contributed by atoms with Gasteiger partial charge in [0.25, 0.3) is 0 Å². The molecule has 2 amide bonds. The molecule has 0 aromatic rings. The van der Waals surface area contributed by atoms with E-state index in [0.717, 1.165) is 6.42 Å². The maximum Gasteiger partial charge on any atom is 0.328 e. The summed E-state index contributed by atoms with van der Waals surface area (Å²) < 4.78 is 4.91. The molecule has 0 saturated carbocycles. The zero-order valence-electron chi connectivity index (χ0n) is 11.0. The molecule has 2 unspecified atom stereocenters. The number of carboxylic acids is 1. The predicted octanol–water partition coefficient (Wildman–Crippen LogP) is -0.112. The molecular weight excluding hydrogens is 240 g/mol. The Balaban J connectivity index is 4.58. The summed E-state index contributed by atoms with van der Waals surface area (Å²) >= 11 is 0. The molecule has 0 radical (unpaired) electrons. The number of carboxylic acid groups (broad SMARTS) is 1. The van der Waals surface area contributed by atoms with E-state index >= 15 is 0 Å². The number of hydrogen-bond donors (Lipinski definition) is 3. The number of rotatable bonds is 8. The number of methoxy groups -OCH3 is 1. The Morgan fingerprint density at radius 1 is 1.44 bits per heavy atom. The van der Waals surface area contributed by atoms with Crippen molar-refractivity contribution >= 4 is 12.0 Å². The number of aliphatic hydroxyl groups excluding tert-OH is 1. The Kier molecular flexibility index (Phi) is 8.06. The van der Waals surface area contributed by atoms with Crippen LogP contribution in [0.3, 0.4) is 0 Å². The molecule has 0 heterocycles. The number of nitrogens with zero attached hydrogens (tertiary/aromatic N) is 1. The first-order valence-electron chi connectivity index (χ1n) is 5.87. The summed E-state index contributed by atoms with van der Waals surface area (Å²) in [5.74, 6) is -1.26. The lowest BCUT2D eigenvalue weighted by Crippen LogP contribution is -2.52. The van der Waals surface area contributed by atoms with Gasteiger partial charge >= 0.3 is 12.0 Å². The third-order valence-electron chi connectivity index (χ3n) is 2.70. The lowest BCUT2D eigenvalue weighted by molar-refractivity contribution is -0.140. The minimum Gasteiger partial charge on any atom is -0.480 e. The number of carbonyl (C=O) groups is 2. The number of aliphatic carboxylic acids is 1. The van der Waals surface area contributed by atoms with Gasteiger partial charge in [0.15, 0.2) is 6.04 Å². The van der Waals surface area contributed by atoms with Crippen LogP contribution in [0.15, 0.2) is 0 Å². The molecule has 0 aliphatic rings. The van der Waals surface area contributed by atoms with Crippen molar-refractivity contribution in [1.82, 2.24) is 10.2 Å². The van der Waals surface area contributed by atoms with Crippen molar-refractivity contribution in [1.29, 1.82) is 0 Å². The molecular formula is C11H22N2O5. The number of amides is 2. The first-order valence-corrected chi connectivity index (χ1v) is 5.87. The van der Waals surface area contributed by atoms with Crippen LogP contribution in [0.4, 0.5) is 4.79 Å². The molecule has 0 saturated heterocycles. The predicted molar refractivity (Wildman–Crippen MR) is 65.4 cm³/mol. The van der Waals surface area contributed by atoms with Crippen LogP contribution in [0.25, 0.3) is 0 Å². The van der Waals surface area contributed by atoms with Gasteiger partial charge in [-0.15, -0.1) is 0 Å². The molecule has 0 spiro atoms. The van der Waals surface area contributed by atoms with Gasteiger partial charge in [-0.05, 0) is 13.3 Å². The molecule has 2 atom stereocenters. The van der Waals surface area contributed by atoms with E-state index in [1.165, 1.54) is 12.0 Å². The molecule has 0 fully saturated rings. The third-order valence-corrected chi connectivity index (χ3v) is 2.70. The fourth-order valence-corrected chi connectivity index (χ4v) is 1.35. The molecule has 106 valence electrons. The van der Waals surface area contributed by atoms with Crippen molar-refractivity contribution in [2.75, 3.05) is 26.9 Å². The summed E-state index contributed by atoms with van der Waals surface area (Å²) in [4.78, 5) is 24.1. The van der Waals surface area contributed by atoms with Crippen LogP contribution in [0.2, 0.25) is 0 Å². The van der Waals surface area contributed by atoms with Gasteiger partial charge in [0.05, 0.1) is 13.2 Å². The highest BCUT2D eigenvalue weighted by atomic mass is 16.5. The average Bonchev–Trinajstić information content (AvgIpc) is 2.35. The van der Waals surface area contributed by atoms with Crippen molar-refractivity contribution in [2.24, 2.45) is 0 Å². The zero-order chi connectivity index (χ0) is 14.1. The van der Waals surface area contributed by atoms with Crippen LogP contribution >= 0.6 is 0 Å². The molecule has 7 nitrogen and oxygen atoms in total.